The number of carbonyl (C=O) groups is 1. The molecule has 0 unspecified atom stereocenters. The zero-order valence-electron chi connectivity index (χ0n) is 13.3. The molecule has 2 heterocycles. The summed E-state index contributed by atoms with van der Waals surface area (Å²) in [7, 11) is -3.08. The Morgan fingerprint density at radius 3 is 2.92 bits per heavy atom. The Bertz CT molecular complexity index is 852. The monoisotopic (exact) mass is 346 g/mol. The first kappa shape index (κ1) is 16.5. The lowest BCUT2D eigenvalue weighted by atomic mass is 10.0. The molecule has 24 heavy (non-hydrogen) atoms. The number of nitrogens with zero attached hydrogens (tertiary/aromatic N) is 1. The fourth-order valence-corrected chi connectivity index (χ4v) is 4.69. The molecular weight excluding hydrogens is 328 g/mol. The maximum Gasteiger partial charge on any atom is 0.262 e. The molecule has 0 spiro atoms. The van der Waals surface area contributed by atoms with E-state index in [9.17, 15) is 18.5 Å². The van der Waals surface area contributed by atoms with Crippen LogP contribution in [-0.2, 0) is 21.1 Å². The van der Waals surface area contributed by atoms with Gasteiger partial charge in [-0.2, -0.15) is 5.26 Å². The smallest absolute Gasteiger partial charge is 0.262 e. The van der Waals surface area contributed by atoms with Crippen LogP contribution in [0.5, 0.6) is 5.75 Å². The Morgan fingerprint density at radius 2 is 2.25 bits per heavy atom. The molecule has 2 aliphatic heterocycles. The second-order valence-electron chi connectivity index (χ2n) is 6.24. The van der Waals surface area contributed by atoms with Gasteiger partial charge in [-0.15, -0.1) is 0 Å². The molecule has 126 valence electrons. The van der Waals surface area contributed by atoms with Crippen LogP contribution < -0.4 is 10.1 Å². The maximum absolute atomic E-state index is 12.2. The fourth-order valence-electron chi connectivity index (χ4n) is 3.02. The normalized spacial score (nSPS) is 24.8. The predicted molar refractivity (Wildman–Crippen MR) is 89.0 cm³/mol. The Morgan fingerprint density at radius 1 is 1.46 bits per heavy atom. The lowest BCUT2D eigenvalue weighted by Gasteiger charge is -2.10. The van der Waals surface area contributed by atoms with E-state index in [-0.39, 0.29) is 23.2 Å². The van der Waals surface area contributed by atoms with Gasteiger partial charge in [0.15, 0.2) is 9.84 Å². The minimum absolute atomic E-state index is 0.0359. The van der Waals surface area contributed by atoms with Crippen molar-refractivity contribution in [2.45, 2.75) is 31.9 Å². The minimum Gasteiger partial charge on any atom is -0.490 e. The largest absolute Gasteiger partial charge is 0.490 e. The molecule has 2 aliphatic rings. The second kappa shape index (κ2) is 6.29. The topological polar surface area (TPSA) is 96.3 Å². The van der Waals surface area contributed by atoms with Crippen LogP contribution in [0.25, 0.3) is 6.08 Å². The van der Waals surface area contributed by atoms with Crippen LogP contribution in [0, 0.1) is 11.3 Å². The van der Waals surface area contributed by atoms with E-state index in [2.05, 4.69) is 5.32 Å². The van der Waals surface area contributed by atoms with Gasteiger partial charge >= 0.3 is 0 Å². The average molecular weight is 346 g/mol. The Labute approximate surface area is 141 Å². The summed E-state index contributed by atoms with van der Waals surface area (Å²) in [4.78, 5) is 12.2. The fraction of sp³-hybridized carbons (Fsp3) is 0.412. The van der Waals surface area contributed by atoms with Crippen molar-refractivity contribution < 1.29 is 17.9 Å². The number of hydrogen-bond donors (Lipinski definition) is 1. The number of hydrogen-bond acceptors (Lipinski definition) is 5. The van der Waals surface area contributed by atoms with Gasteiger partial charge in [-0.1, -0.05) is 6.07 Å². The zero-order chi connectivity index (χ0) is 17.3. The summed E-state index contributed by atoms with van der Waals surface area (Å²) in [6, 6.07) is 7.00. The number of fused-ring (bicyclic) bond motifs is 1. The molecule has 7 heteroatoms. The molecule has 0 bridgehead atoms. The highest BCUT2D eigenvalue weighted by atomic mass is 32.2. The van der Waals surface area contributed by atoms with E-state index >= 15 is 0 Å². The summed E-state index contributed by atoms with van der Waals surface area (Å²) in [5.41, 5.74) is 1.76. The van der Waals surface area contributed by atoms with Crippen LogP contribution in [0.4, 0.5) is 0 Å². The van der Waals surface area contributed by atoms with Gasteiger partial charge in [0, 0.05) is 12.5 Å². The van der Waals surface area contributed by atoms with Crippen molar-refractivity contribution in [3.05, 3.63) is 34.9 Å². The number of benzene rings is 1. The summed E-state index contributed by atoms with van der Waals surface area (Å²) in [6.45, 7) is 1.99. The van der Waals surface area contributed by atoms with E-state index < -0.39 is 21.8 Å². The summed E-state index contributed by atoms with van der Waals surface area (Å²) in [5.74, 6) is 0.307. The Kier molecular flexibility index (Phi) is 4.33. The summed E-state index contributed by atoms with van der Waals surface area (Å²) >= 11 is 0. The molecule has 1 saturated heterocycles. The summed E-state index contributed by atoms with van der Waals surface area (Å²) in [5, 5.41) is 11.9. The van der Waals surface area contributed by atoms with Crippen molar-refractivity contribution in [1.29, 1.82) is 5.26 Å². The van der Waals surface area contributed by atoms with Gasteiger partial charge in [-0.3, -0.25) is 4.79 Å². The first-order valence-corrected chi connectivity index (χ1v) is 9.61. The summed E-state index contributed by atoms with van der Waals surface area (Å²) < 4.78 is 28.5. The molecule has 0 saturated carbocycles. The predicted octanol–water partition coefficient (Wildman–Crippen LogP) is 1.22. The van der Waals surface area contributed by atoms with E-state index in [0.29, 0.717) is 6.42 Å². The van der Waals surface area contributed by atoms with Crippen molar-refractivity contribution >= 4 is 21.8 Å². The van der Waals surface area contributed by atoms with Gasteiger partial charge in [0.05, 0.1) is 11.5 Å². The Hall–Kier alpha value is -2.33. The number of ether oxygens (including phenoxy) is 1. The van der Waals surface area contributed by atoms with Crippen LogP contribution in [0.2, 0.25) is 0 Å². The molecule has 0 aliphatic carbocycles. The maximum atomic E-state index is 12.2. The lowest BCUT2D eigenvalue weighted by molar-refractivity contribution is -0.117. The quantitative estimate of drug-likeness (QED) is 0.656. The molecule has 1 amide bonds. The molecule has 1 fully saturated rings. The second-order valence-corrected chi connectivity index (χ2v) is 8.47. The van der Waals surface area contributed by atoms with E-state index in [4.69, 9.17) is 4.74 Å². The van der Waals surface area contributed by atoms with Crippen LogP contribution in [0.3, 0.4) is 0 Å². The Balaban J connectivity index is 1.74. The van der Waals surface area contributed by atoms with Gasteiger partial charge in [0.1, 0.15) is 23.5 Å². The van der Waals surface area contributed by atoms with Crippen LogP contribution in [0.1, 0.15) is 24.5 Å². The number of sulfone groups is 1. The van der Waals surface area contributed by atoms with Gasteiger partial charge in [0.2, 0.25) is 0 Å². The number of amides is 1. The summed E-state index contributed by atoms with van der Waals surface area (Å²) in [6.07, 6.45) is 2.83. The van der Waals surface area contributed by atoms with Crippen molar-refractivity contribution in [1.82, 2.24) is 5.32 Å². The van der Waals surface area contributed by atoms with Gasteiger partial charge in [-0.05, 0) is 42.7 Å². The SMILES string of the molecule is C[C@@H]1Cc2cc(/C=C(\C#N)C(=O)N[C@@H]3CCS(=O)(=O)C3)ccc2O1. The molecule has 2 atom stereocenters. The third kappa shape index (κ3) is 3.60. The third-order valence-corrected chi connectivity index (χ3v) is 5.93. The van der Waals surface area contributed by atoms with E-state index in [0.717, 1.165) is 23.3 Å². The highest BCUT2D eigenvalue weighted by Gasteiger charge is 2.29. The molecule has 1 aromatic carbocycles. The zero-order valence-corrected chi connectivity index (χ0v) is 14.1. The standard InChI is InChI=1S/C17H18N2O4S/c1-11-6-13-7-12(2-3-16(13)23-11)8-14(9-18)17(20)19-15-4-5-24(21,22)10-15/h2-3,7-8,11,15H,4-6,10H2,1H3,(H,19,20)/b14-8+/t11-,15-/m1/s1. The number of nitrogens with one attached hydrogen (secondary N) is 1. The van der Waals surface area contributed by atoms with Crippen molar-refractivity contribution in [2.75, 3.05) is 11.5 Å². The van der Waals surface area contributed by atoms with Gasteiger partial charge in [-0.25, -0.2) is 8.42 Å². The third-order valence-electron chi connectivity index (χ3n) is 4.16. The first-order valence-electron chi connectivity index (χ1n) is 7.79. The van der Waals surface area contributed by atoms with Crippen molar-refractivity contribution in [3.8, 4) is 11.8 Å². The van der Waals surface area contributed by atoms with Crippen molar-refractivity contribution in [2.24, 2.45) is 0 Å². The van der Waals surface area contributed by atoms with E-state index in [1.165, 1.54) is 6.08 Å². The number of rotatable bonds is 3. The molecule has 6 nitrogen and oxygen atoms in total. The van der Waals surface area contributed by atoms with E-state index in [1.807, 2.05) is 25.1 Å². The van der Waals surface area contributed by atoms with Gasteiger partial charge < -0.3 is 10.1 Å². The number of carbonyl (C=O) groups excluding carboxylic acids is 1. The molecule has 0 aromatic heterocycles. The first-order chi connectivity index (χ1) is 11.4. The highest BCUT2D eigenvalue weighted by molar-refractivity contribution is 7.91. The number of nitriles is 1. The lowest BCUT2D eigenvalue weighted by Crippen LogP contribution is -2.36. The molecule has 3 rings (SSSR count). The van der Waals surface area contributed by atoms with E-state index in [1.54, 1.807) is 6.07 Å². The molecular formula is C17H18N2O4S. The average Bonchev–Trinajstić information content (AvgIpc) is 3.05. The molecule has 0 radical (unpaired) electrons. The molecule has 1 N–H and O–H groups in total. The van der Waals surface area contributed by atoms with Crippen molar-refractivity contribution in [3.63, 3.8) is 0 Å². The molecule has 1 aromatic rings. The van der Waals surface area contributed by atoms with Crippen LogP contribution >= 0.6 is 0 Å². The minimum atomic E-state index is -3.08. The highest BCUT2D eigenvalue weighted by Crippen LogP contribution is 2.30. The van der Waals surface area contributed by atoms with Gasteiger partial charge in [0.25, 0.3) is 5.91 Å². The van der Waals surface area contributed by atoms with Crippen LogP contribution in [-0.4, -0.2) is 38.0 Å². The van der Waals surface area contributed by atoms with Crippen LogP contribution in [0.15, 0.2) is 23.8 Å².